The van der Waals surface area contributed by atoms with Crippen LogP contribution < -0.4 is 22.8 Å². The van der Waals surface area contributed by atoms with Crippen LogP contribution in [0, 0.1) is 69.2 Å². The van der Waals surface area contributed by atoms with E-state index in [1.807, 2.05) is 13.0 Å². The standard InChI is InChI=1S/C22H32N.4C20H28N/c1-15-10-11-17(16(2)12-15)20-13-18(21(3,4)5)19(14-23(20)9)22(6,7)8;2*1-7-20(5,8-2)17-10-12-19(21(6)14-17)18-11-9-15(3)13-16(18)4;2*1-7-20(5,8-2)18-14-21(6)19(13-16(18)4)17-12-10-9-11-15(17)3/h10-14H,1-9H3;4*9-14H,7-8H2,1-6H3/q5*+1/i;3D3;;;. The number of rotatable bonds is 17. The first-order valence-corrected chi connectivity index (χ1v) is 40.2. The molecule has 5 heteroatoms. The molecule has 0 unspecified atom stereocenters. The van der Waals surface area contributed by atoms with Crippen LogP contribution in [0.4, 0.5) is 0 Å². The molecule has 5 aromatic carbocycles. The van der Waals surface area contributed by atoms with E-state index in [0.29, 0.717) is 5.56 Å². The van der Waals surface area contributed by atoms with E-state index < -0.39 is 6.85 Å². The second-order valence-electron chi connectivity index (χ2n) is 34.5. The zero-order valence-electron chi connectivity index (χ0n) is 76.1. The van der Waals surface area contributed by atoms with Crippen molar-refractivity contribution in [1.29, 1.82) is 0 Å². The molecule has 10 rings (SSSR count). The van der Waals surface area contributed by atoms with Crippen LogP contribution in [0.1, 0.15) is 269 Å². The van der Waals surface area contributed by atoms with Gasteiger partial charge < -0.3 is 0 Å². The minimum Gasteiger partial charge on any atom is -0.201 e. The average molecular weight is 1440 g/mol. The second-order valence-corrected chi connectivity index (χ2v) is 34.5. The highest BCUT2D eigenvalue weighted by Gasteiger charge is 2.34. The highest BCUT2D eigenvalue weighted by Crippen LogP contribution is 2.39. The molecule has 0 saturated heterocycles. The molecule has 0 amide bonds. The van der Waals surface area contributed by atoms with Gasteiger partial charge in [-0.1, -0.05) is 214 Å². The van der Waals surface area contributed by atoms with Crippen LogP contribution in [0.15, 0.2) is 177 Å². The molecule has 0 aliphatic rings. The second kappa shape index (κ2) is 36.8. The third-order valence-corrected chi connectivity index (χ3v) is 24.7. The highest BCUT2D eigenvalue weighted by molar-refractivity contribution is 5.66. The Morgan fingerprint density at radius 2 is 0.533 bits per heavy atom. The van der Waals surface area contributed by atoms with Gasteiger partial charge in [-0.3, -0.25) is 0 Å². The lowest BCUT2D eigenvalue weighted by Gasteiger charge is -2.29. The summed E-state index contributed by atoms with van der Waals surface area (Å²) in [5.74, 6) is 0. The van der Waals surface area contributed by atoms with Crippen LogP contribution in [-0.4, -0.2) is 0 Å². The van der Waals surface area contributed by atoms with Gasteiger partial charge in [-0.15, -0.1) is 0 Å². The Bertz CT molecular complexity index is 4650. The fourth-order valence-corrected chi connectivity index (χ4v) is 15.4. The monoisotopic (exact) mass is 1440 g/mol. The predicted octanol–water partition coefficient (Wildman–Crippen LogP) is 24.9. The molecule has 572 valence electrons. The first-order valence-electron chi connectivity index (χ1n) is 41.7. The molecule has 0 bridgehead atoms. The first-order chi connectivity index (χ1) is 51.3. The maximum Gasteiger partial charge on any atom is 0.212 e. The van der Waals surface area contributed by atoms with E-state index in [0.717, 1.165) is 29.7 Å². The van der Waals surface area contributed by atoms with Crippen LogP contribution in [0.5, 0.6) is 0 Å². The van der Waals surface area contributed by atoms with Crippen molar-refractivity contribution >= 4 is 0 Å². The van der Waals surface area contributed by atoms with E-state index in [4.69, 9.17) is 4.11 Å². The zero-order chi connectivity index (χ0) is 82.6. The van der Waals surface area contributed by atoms with Gasteiger partial charge >= 0.3 is 0 Å². The molecule has 5 aromatic heterocycles. The van der Waals surface area contributed by atoms with Crippen molar-refractivity contribution in [3.63, 3.8) is 0 Å². The Morgan fingerprint density at radius 3 is 0.832 bits per heavy atom. The van der Waals surface area contributed by atoms with Crippen molar-refractivity contribution in [1.82, 2.24) is 0 Å². The van der Waals surface area contributed by atoms with Gasteiger partial charge in [0, 0.05) is 90.1 Å². The topological polar surface area (TPSA) is 19.4 Å². The summed E-state index contributed by atoms with van der Waals surface area (Å²) in [4.78, 5) is 0. The van der Waals surface area contributed by atoms with Crippen LogP contribution in [0.25, 0.3) is 56.3 Å². The van der Waals surface area contributed by atoms with Crippen molar-refractivity contribution < 1.29 is 26.9 Å². The average Bonchev–Trinajstić information content (AvgIpc) is 0.780. The summed E-state index contributed by atoms with van der Waals surface area (Å²) in [5.41, 5.74) is 34.7. The molecular weight excluding hydrogens is 1300 g/mol. The Morgan fingerprint density at radius 1 is 0.252 bits per heavy atom. The number of hydrogen-bond acceptors (Lipinski definition) is 0. The zero-order valence-corrected chi connectivity index (χ0v) is 73.1. The fraction of sp³-hybridized carbons (Fsp3) is 0.461. The minimum atomic E-state index is -2.06. The number of aryl methyl sites for hydroxylation is 15. The van der Waals surface area contributed by atoms with Crippen LogP contribution >= 0.6 is 0 Å². The Kier molecular flexibility index (Phi) is 28.5. The number of pyridine rings is 5. The maximum absolute atomic E-state index is 7.55. The normalized spacial score (nSPS) is 12.4. The first kappa shape index (κ1) is 82.9. The molecule has 10 aromatic rings. The molecule has 107 heavy (non-hydrogen) atoms. The van der Waals surface area contributed by atoms with Gasteiger partial charge in [0.1, 0.15) is 35.2 Å². The van der Waals surface area contributed by atoms with Gasteiger partial charge in [0.05, 0.1) is 0 Å². The van der Waals surface area contributed by atoms with Crippen LogP contribution in [-0.2, 0) is 67.7 Å². The van der Waals surface area contributed by atoms with Crippen molar-refractivity contribution in [2.45, 2.75) is 278 Å². The molecule has 0 fully saturated rings. The quantitative estimate of drug-likeness (QED) is 0.0810. The van der Waals surface area contributed by atoms with Gasteiger partial charge in [0.2, 0.25) is 28.5 Å². The summed E-state index contributed by atoms with van der Waals surface area (Å²) in [7, 11) is 10.7. The molecule has 0 atom stereocenters. The third kappa shape index (κ3) is 21.0. The molecule has 0 spiro atoms. The van der Waals surface area contributed by atoms with Gasteiger partial charge in [0.25, 0.3) is 0 Å². The molecule has 0 aliphatic heterocycles. The lowest BCUT2D eigenvalue weighted by molar-refractivity contribution is -0.661. The van der Waals surface area contributed by atoms with Crippen molar-refractivity contribution in [2.24, 2.45) is 35.2 Å². The Labute approximate surface area is 657 Å². The van der Waals surface area contributed by atoms with Crippen molar-refractivity contribution in [3.05, 3.63) is 266 Å². The molecule has 0 N–H and O–H groups in total. The minimum absolute atomic E-state index is 0.129. The van der Waals surface area contributed by atoms with Gasteiger partial charge in [-0.25, -0.2) is 22.8 Å². The van der Waals surface area contributed by atoms with Crippen LogP contribution in [0.2, 0.25) is 0 Å². The van der Waals surface area contributed by atoms with Gasteiger partial charge in [-0.2, -0.15) is 0 Å². The van der Waals surface area contributed by atoms with E-state index in [9.17, 15) is 0 Å². The highest BCUT2D eigenvalue weighted by atomic mass is 14.9. The Balaban J connectivity index is 0.000000215. The van der Waals surface area contributed by atoms with Gasteiger partial charge in [0.15, 0.2) is 31.0 Å². The number of hydrogen-bond donors (Lipinski definition) is 0. The summed E-state index contributed by atoms with van der Waals surface area (Å²) < 4.78 is 33.9. The Hall–Kier alpha value is -8.15. The smallest absolute Gasteiger partial charge is 0.201 e. The van der Waals surface area contributed by atoms with E-state index in [-0.39, 0.29) is 32.5 Å². The van der Waals surface area contributed by atoms with E-state index in [1.165, 1.54) is 161 Å². The summed E-state index contributed by atoms with van der Waals surface area (Å²) in [5, 5.41) is 0. The number of aromatic nitrogens is 5. The maximum atomic E-state index is 7.55. The molecule has 0 saturated carbocycles. The SMILES string of the molecule is CCC(C)(CC)c1c[n+](C)c(-c2ccccc2C)cc1C.CCC(C)(CC)c1c[n+](C)c(-c2ccccc2C)cc1C.CCC(C)(CC)c1ccc(-c2ccc(C)cc2C)[n+](C)c1.Cc1ccc(-c2cc(C(C)(C)C)c(C(C)(C)C)c[n+]2C)c(C)c1.[2H]C([2H])([2H])c1ccc(-c2ccc(C(C)(CC)CC)c[n+]2C)c(C)c1. The summed E-state index contributed by atoms with van der Waals surface area (Å²) in [6.45, 7) is 58.9. The summed E-state index contributed by atoms with van der Waals surface area (Å²) >= 11 is 0. The molecule has 5 heterocycles. The van der Waals surface area contributed by atoms with E-state index in [2.05, 4.69) is 396 Å². The number of benzene rings is 5. The van der Waals surface area contributed by atoms with Gasteiger partial charge in [-0.05, 0) is 240 Å². The summed E-state index contributed by atoms with van der Waals surface area (Å²) in [6, 6.07) is 52.1. The molecule has 5 nitrogen and oxygen atoms in total. The lowest BCUT2D eigenvalue weighted by atomic mass is 9.75. The predicted molar refractivity (Wildman–Crippen MR) is 462 cm³/mol. The largest absolute Gasteiger partial charge is 0.212 e. The van der Waals surface area contributed by atoms with Crippen molar-refractivity contribution in [2.75, 3.05) is 0 Å². The van der Waals surface area contributed by atoms with E-state index >= 15 is 0 Å². The third-order valence-electron chi connectivity index (χ3n) is 24.7. The number of nitrogens with zero attached hydrogens (tertiary/aromatic N) is 5. The molecule has 0 radical (unpaired) electrons. The molecule has 0 aliphatic carbocycles. The molecular formula is C102H144N5+5. The lowest BCUT2D eigenvalue weighted by Crippen LogP contribution is -2.36. The van der Waals surface area contributed by atoms with Crippen LogP contribution in [0.3, 0.4) is 0 Å². The fourth-order valence-electron chi connectivity index (χ4n) is 15.4. The van der Waals surface area contributed by atoms with E-state index in [1.54, 1.807) is 12.1 Å². The van der Waals surface area contributed by atoms with Crippen molar-refractivity contribution in [3.8, 4) is 56.3 Å². The summed E-state index contributed by atoms with van der Waals surface area (Å²) in [6.07, 6.45) is 20.8.